The maximum absolute atomic E-state index is 11.7. The number of rotatable bonds is 2. The van der Waals surface area contributed by atoms with E-state index in [1.54, 1.807) is 13.0 Å². The van der Waals surface area contributed by atoms with Gasteiger partial charge in [-0.3, -0.25) is 4.79 Å². The van der Waals surface area contributed by atoms with Crippen LogP contribution in [0.25, 0.3) is 0 Å². The molecule has 0 saturated heterocycles. The second-order valence-electron chi connectivity index (χ2n) is 4.88. The lowest BCUT2D eigenvalue weighted by molar-refractivity contribution is 0.0901. The standard InChI is InChI=1S/C11H18N2O2/c1-7-6-9(13-15-7)10(14)12-8(2)11(3,4)5/h6,8H,1-5H3,(H,12,14)/t8-/m1/s1. The van der Waals surface area contributed by atoms with Crippen molar-refractivity contribution in [3.8, 4) is 0 Å². The summed E-state index contributed by atoms with van der Waals surface area (Å²) in [5, 5.41) is 6.55. The first kappa shape index (κ1) is 11.8. The number of hydrogen-bond donors (Lipinski definition) is 1. The zero-order valence-electron chi connectivity index (χ0n) is 9.92. The van der Waals surface area contributed by atoms with Gasteiger partial charge in [-0.1, -0.05) is 25.9 Å². The summed E-state index contributed by atoms with van der Waals surface area (Å²) in [4.78, 5) is 11.7. The van der Waals surface area contributed by atoms with Crippen LogP contribution in [0.15, 0.2) is 10.6 Å². The molecule has 0 radical (unpaired) electrons. The second kappa shape index (κ2) is 4.04. The van der Waals surface area contributed by atoms with Crippen molar-refractivity contribution in [2.45, 2.75) is 40.7 Å². The molecule has 84 valence electrons. The van der Waals surface area contributed by atoms with E-state index in [0.29, 0.717) is 11.5 Å². The number of carbonyl (C=O) groups excluding carboxylic acids is 1. The van der Waals surface area contributed by atoms with E-state index in [1.807, 2.05) is 6.92 Å². The van der Waals surface area contributed by atoms with E-state index in [2.05, 4.69) is 31.2 Å². The lowest BCUT2D eigenvalue weighted by Crippen LogP contribution is -2.41. The van der Waals surface area contributed by atoms with Crippen molar-refractivity contribution in [2.24, 2.45) is 5.41 Å². The van der Waals surface area contributed by atoms with Gasteiger partial charge in [-0.2, -0.15) is 0 Å². The summed E-state index contributed by atoms with van der Waals surface area (Å²) in [6, 6.07) is 1.71. The Morgan fingerprint density at radius 3 is 2.53 bits per heavy atom. The minimum Gasteiger partial charge on any atom is -0.361 e. The molecule has 0 bridgehead atoms. The highest BCUT2D eigenvalue weighted by Crippen LogP contribution is 2.18. The average molecular weight is 210 g/mol. The van der Waals surface area contributed by atoms with Crippen molar-refractivity contribution in [1.82, 2.24) is 10.5 Å². The lowest BCUT2D eigenvalue weighted by atomic mass is 9.88. The summed E-state index contributed by atoms with van der Waals surface area (Å²) >= 11 is 0. The van der Waals surface area contributed by atoms with Crippen LogP contribution < -0.4 is 5.32 Å². The molecule has 1 aromatic rings. The third kappa shape index (κ3) is 3.08. The molecule has 0 aliphatic carbocycles. The smallest absolute Gasteiger partial charge is 0.273 e. The van der Waals surface area contributed by atoms with E-state index in [9.17, 15) is 4.79 Å². The molecule has 1 atom stereocenters. The quantitative estimate of drug-likeness (QED) is 0.813. The predicted octanol–water partition coefficient (Wildman–Crippen LogP) is 2.15. The van der Waals surface area contributed by atoms with Gasteiger partial charge < -0.3 is 9.84 Å². The number of aryl methyl sites for hydroxylation is 1. The fraction of sp³-hybridized carbons (Fsp3) is 0.636. The SMILES string of the molecule is Cc1cc(C(=O)N[C@H](C)C(C)(C)C)no1. The van der Waals surface area contributed by atoms with E-state index in [4.69, 9.17) is 4.52 Å². The number of aromatic nitrogens is 1. The molecule has 0 fully saturated rings. The molecular formula is C11H18N2O2. The minimum absolute atomic E-state index is 0.0362. The Balaban J connectivity index is 2.64. The molecule has 1 amide bonds. The molecule has 15 heavy (non-hydrogen) atoms. The summed E-state index contributed by atoms with van der Waals surface area (Å²) < 4.78 is 4.84. The number of carbonyl (C=O) groups is 1. The first-order valence-electron chi connectivity index (χ1n) is 5.05. The zero-order chi connectivity index (χ0) is 11.6. The van der Waals surface area contributed by atoms with Crippen molar-refractivity contribution in [2.75, 3.05) is 0 Å². The number of nitrogens with one attached hydrogen (secondary N) is 1. The van der Waals surface area contributed by atoms with Crippen molar-refractivity contribution < 1.29 is 9.32 Å². The van der Waals surface area contributed by atoms with E-state index >= 15 is 0 Å². The van der Waals surface area contributed by atoms with Crippen LogP contribution in [0.4, 0.5) is 0 Å². The van der Waals surface area contributed by atoms with Gasteiger partial charge >= 0.3 is 0 Å². The van der Waals surface area contributed by atoms with E-state index in [0.717, 1.165) is 0 Å². The molecule has 1 heterocycles. The van der Waals surface area contributed by atoms with Crippen LogP contribution in [-0.2, 0) is 0 Å². The Morgan fingerprint density at radius 1 is 1.53 bits per heavy atom. The van der Waals surface area contributed by atoms with Gasteiger partial charge in [0.05, 0.1) is 0 Å². The molecule has 1 aromatic heterocycles. The molecule has 1 N–H and O–H groups in total. The van der Waals surface area contributed by atoms with E-state index in [1.165, 1.54) is 0 Å². The fourth-order valence-electron chi connectivity index (χ4n) is 0.961. The highest BCUT2D eigenvalue weighted by Gasteiger charge is 2.23. The number of hydrogen-bond acceptors (Lipinski definition) is 3. The summed E-state index contributed by atoms with van der Waals surface area (Å²) in [5.41, 5.74) is 0.373. The van der Waals surface area contributed by atoms with Crippen LogP contribution in [0.2, 0.25) is 0 Å². The third-order valence-corrected chi connectivity index (χ3v) is 2.51. The molecule has 0 unspecified atom stereocenters. The maximum atomic E-state index is 11.7. The molecule has 0 aromatic carbocycles. The molecule has 0 aliphatic heterocycles. The second-order valence-corrected chi connectivity index (χ2v) is 4.88. The summed E-state index contributed by atoms with van der Waals surface area (Å²) in [6.45, 7) is 9.96. The maximum Gasteiger partial charge on any atom is 0.273 e. The summed E-state index contributed by atoms with van der Waals surface area (Å²) in [5.74, 6) is 0.456. The number of amides is 1. The molecule has 0 spiro atoms. The van der Waals surface area contributed by atoms with Gasteiger partial charge in [0.1, 0.15) is 5.76 Å². The summed E-state index contributed by atoms with van der Waals surface area (Å²) in [6.07, 6.45) is 0. The predicted molar refractivity (Wildman–Crippen MR) is 57.6 cm³/mol. The monoisotopic (exact) mass is 210 g/mol. The highest BCUT2D eigenvalue weighted by atomic mass is 16.5. The van der Waals surface area contributed by atoms with Crippen LogP contribution in [0.5, 0.6) is 0 Å². The normalized spacial score (nSPS) is 13.7. The fourth-order valence-corrected chi connectivity index (χ4v) is 0.961. The van der Waals surface area contributed by atoms with Crippen LogP contribution >= 0.6 is 0 Å². The molecule has 4 nitrogen and oxygen atoms in total. The van der Waals surface area contributed by atoms with E-state index in [-0.39, 0.29) is 17.4 Å². The Bertz CT molecular complexity index is 350. The lowest BCUT2D eigenvalue weighted by Gasteiger charge is -2.27. The van der Waals surface area contributed by atoms with Crippen molar-refractivity contribution in [3.63, 3.8) is 0 Å². The van der Waals surface area contributed by atoms with Gasteiger partial charge in [-0.05, 0) is 19.3 Å². The average Bonchev–Trinajstić information content (AvgIpc) is 2.50. The van der Waals surface area contributed by atoms with Gasteiger partial charge in [0.15, 0.2) is 5.69 Å². The zero-order valence-corrected chi connectivity index (χ0v) is 9.92. The molecular weight excluding hydrogens is 192 g/mol. The number of nitrogens with zero attached hydrogens (tertiary/aromatic N) is 1. The van der Waals surface area contributed by atoms with Crippen molar-refractivity contribution in [3.05, 3.63) is 17.5 Å². The highest BCUT2D eigenvalue weighted by molar-refractivity contribution is 5.92. The Morgan fingerprint density at radius 2 is 2.13 bits per heavy atom. The Labute approximate surface area is 90.0 Å². The first-order valence-corrected chi connectivity index (χ1v) is 5.05. The summed E-state index contributed by atoms with van der Waals surface area (Å²) in [7, 11) is 0. The largest absolute Gasteiger partial charge is 0.361 e. The Hall–Kier alpha value is -1.32. The first-order chi connectivity index (χ1) is 6.80. The van der Waals surface area contributed by atoms with Crippen LogP contribution in [0.3, 0.4) is 0 Å². The van der Waals surface area contributed by atoms with Gasteiger partial charge in [-0.15, -0.1) is 0 Å². The van der Waals surface area contributed by atoms with Crippen molar-refractivity contribution >= 4 is 5.91 Å². The molecule has 1 rings (SSSR count). The molecule has 0 aliphatic rings. The topological polar surface area (TPSA) is 55.1 Å². The molecule has 4 heteroatoms. The van der Waals surface area contributed by atoms with Gasteiger partial charge in [0.2, 0.25) is 0 Å². The van der Waals surface area contributed by atoms with Crippen molar-refractivity contribution in [1.29, 1.82) is 0 Å². The minimum atomic E-state index is -0.186. The van der Waals surface area contributed by atoms with Gasteiger partial charge in [0.25, 0.3) is 5.91 Å². The van der Waals surface area contributed by atoms with Crippen LogP contribution in [-0.4, -0.2) is 17.1 Å². The molecule has 0 saturated carbocycles. The third-order valence-electron chi connectivity index (χ3n) is 2.51. The van der Waals surface area contributed by atoms with Gasteiger partial charge in [-0.25, -0.2) is 0 Å². The van der Waals surface area contributed by atoms with E-state index < -0.39 is 0 Å². The van der Waals surface area contributed by atoms with Gasteiger partial charge in [0, 0.05) is 12.1 Å². The van der Waals surface area contributed by atoms with Crippen LogP contribution in [0.1, 0.15) is 43.9 Å². The van der Waals surface area contributed by atoms with Crippen LogP contribution in [0, 0.1) is 12.3 Å². The Kier molecular flexibility index (Phi) is 3.17.